The molecule has 0 aromatic heterocycles. The Hall–Kier alpha value is -2.45. The molecule has 0 spiro atoms. The van der Waals surface area contributed by atoms with Gasteiger partial charge in [0.25, 0.3) is 0 Å². The minimum absolute atomic E-state index is 0.0414. The number of ether oxygens (including phenoxy) is 3. The average Bonchev–Trinajstić information content (AvgIpc) is 3.01. The Labute approximate surface area is 261 Å². The molecule has 1 aromatic carbocycles. The molecule has 246 valence electrons. The first-order valence-electron chi connectivity index (χ1n) is 16.9. The predicted molar refractivity (Wildman–Crippen MR) is 173 cm³/mol. The van der Waals surface area contributed by atoms with Gasteiger partial charge in [-0.2, -0.15) is 0 Å². The zero-order chi connectivity index (χ0) is 31.7. The van der Waals surface area contributed by atoms with Crippen molar-refractivity contribution in [3.63, 3.8) is 0 Å². The number of carbonyl (C=O) groups excluding carboxylic acids is 3. The molecule has 0 fully saturated rings. The molecule has 2 N–H and O–H groups in total. The Morgan fingerprint density at radius 2 is 1.30 bits per heavy atom. The normalized spacial score (nSPS) is 13.2. The molecule has 0 heterocycles. The molecular formula is C35H60N2O6. The van der Waals surface area contributed by atoms with Crippen molar-refractivity contribution in [3.05, 3.63) is 35.4 Å². The molecule has 0 saturated carbocycles. The SMILES string of the molecule is CCCCOC(=O)CNCc1ccc(CCNC(CC(=O)OCC(CC)CCCC)C(=O)OCC(CC)CCCC)cc1. The summed E-state index contributed by atoms with van der Waals surface area (Å²) in [6, 6.07) is 7.39. The summed E-state index contributed by atoms with van der Waals surface area (Å²) < 4.78 is 16.5. The lowest BCUT2D eigenvalue weighted by Crippen LogP contribution is -2.41. The molecule has 8 nitrogen and oxygen atoms in total. The molecule has 0 saturated heterocycles. The van der Waals surface area contributed by atoms with Crippen LogP contribution in [0.5, 0.6) is 0 Å². The summed E-state index contributed by atoms with van der Waals surface area (Å²) in [6.07, 6.45) is 11.0. The van der Waals surface area contributed by atoms with Crippen LogP contribution in [0.15, 0.2) is 24.3 Å². The third-order valence-electron chi connectivity index (χ3n) is 7.87. The molecule has 0 radical (unpaired) electrons. The lowest BCUT2D eigenvalue weighted by atomic mass is 10.0. The Kier molecular flexibility index (Phi) is 22.4. The van der Waals surface area contributed by atoms with Crippen LogP contribution in [-0.2, 0) is 41.6 Å². The predicted octanol–water partition coefficient (Wildman–Crippen LogP) is 6.53. The Morgan fingerprint density at radius 1 is 0.721 bits per heavy atom. The van der Waals surface area contributed by atoms with Gasteiger partial charge in [0, 0.05) is 6.54 Å². The summed E-state index contributed by atoms with van der Waals surface area (Å²) in [5, 5.41) is 6.38. The lowest BCUT2D eigenvalue weighted by Gasteiger charge is -2.21. The first kappa shape index (κ1) is 38.6. The maximum atomic E-state index is 13.1. The van der Waals surface area contributed by atoms with Crippen LogP contribution in [0.1, 0.15) is 116 Å². The third kappa shape index (κ3) is 18.7. The number of esters is 3. The van der Waals surface area contributed by atoms with Gasteiger partial charge in [0.15, 0.2) is 0 Å². The van der Waals surface area contributed by atoms with Gasteiger partial charge >= 0.3 is 17.9 Å². The number of hydrogen-bond donors (Lipinski definition) is 2. The molecule has 0 aliphatic carbocycles. The Balaban J connectivity index is 2.64. The first-order valence-corrected chi connectivity index (χ1v) is 16.9. The number of rotatable bonds is 26. The number of nitrogens with one attached hydrogen (secondary N) is 2. The van der Waals surface area contributed by atoms with E-state index in [-0.39, 0.29) is 30.9 Å². The molecular weight excluding hydrogens is 544 g/mol. The van der Waals surface area contributed by atoms with Crippen molar-refractivity contribution >= 4 is 17.9 Å². The van der Waals surface area contributed by atoms with E-state index >= 15 is 0 Å². The van der Waals surface area contributed by atoms with Gasteiger partial charge in [-0.05, 0) is 55.2 Å². The highest BCUT2D eigenvalue weighted by Crippen LogP contribution is 2.15. The van der Waals surface area contributed by atoms with Crippen molar-refractivity contribution in [1.82, 2.24) is 10.6 Å². The van der Waals surface area contributed by atoms with E-state index < -0.39 is 6.04 Å². The van der Waals surface area contributed by atoms with Gasteiger partial charge in [-0.1, -0.05) is 104 Å². The number of carbonyl (C=O) groups is 3. The van der Waals surface area contributed by atoms with Crippen molar-refractivity contribution in [2.24, 2.45) is 11.8 Å². The van der Waals surface area contributed by atoms with Gasteiger partial charge in [-0.15, -0.1) is 0 Å². The standard InChI is InChI=1S/C35H60N2O6/c1-6-11-14-28(9-4)26-42-33(38)23-32(35(40)43-27-29(10-5)15-12-7-2)37-21-20-30-16-18-31(19-17-30)24-36-25-34(39)41-22-13-8-3/h16-19,28-29,32,36-37H,6-15,20-27H2,1-5H3. The van der Waals surface area contributed by atoms with Crippen molar-refractivity contribution in [2.45, 2.75) is 124 Å². The molecule has 0 aliphatic rings. The van der Waals surface area contributed by atoms with Crippen LogP contribution in [0.2, 0.25) is 0 Å². The summed E-state index contributed by atoms with van der Waals surface area (Å²) in [7, 11) is 0. The van der Waals surface area contributed by atoms with Gasteiger partial charge in [0.2, 0.25) is 0 Å². The molecule has 1 rings (SSSR count). The van der Waals surface area contributed by atoms with E-state index in [1.807, 2.05) is 24.3 Å². The van der Waals surface area contributed by atoms with E-state index in [2.05, 4.69) is 45.3 Å². The zero-order valence-electron chi connectivity index (χ0n) is 27.7. The molecule has 43 heavy (non-hydrogen) atoms. The molecule has 1 aromatic rings. The van der Waals surface area contributed by atoms with Crippen LogP contribution < -0.4 is 10.6 Å². The van der Waals surface area contributed by atoms with Crippen molar-refractivity contribution in [2.75, 3.05) is 32.9 Å². The van der Waals surface area contributed by atoms with Crippen LogP contribution in [0.3, 0.4) is 0 Å². The van der Waals surface area contributed by atoms with Gasteiger partial charge in [-0.25, -0.2) is 0 Å². The summed E-state index contributed by atoms with van der Waals surface area (Å²) in [4.78, 5) is 37.6. The maximum absolute atomic E-state index is 13.1. The molecule has 0 bridgehead atoms. The largest absolute Gasteiger partial charge is 0.465 e. The van der Waals surface area contributed by atoms with E-state index in [4.69, 9.17) is 14.2 Å². The number of hydrogen-bond acceptors (Lipinski definition) is 8. The maximum Gasteiger partial charge on any atom is 0.323 e. The summed E-state index contributed by atoms with van der Waals surface area (Å²) in [5.74, 6) is -0.307. The number of unbranched alkanes of at least 4 members (excludes halogenated alkanes) is 3. The van der Waals surface area contributed by atoms with Gasteiger partial charge in [-0.3, -0.25) is 14.4 Å². The van der Waals surface area contributed by atoms with E-state index in [0.29, 0.717) is 51.2 Å². The van der Waals surface area contributed by atoms with Gasteiger partial charge in [0.1, 0.15) is 6.04 Å². The fourth-order valence-electron chi connectivity index (χ4n) is 4.68. The van der Waals surface area contributed by atoms with Crippen LogP contribution in [-0.4, -0.2) is 56.9 Å². The molecule has 3 unspecified atom stereocenters. The van der Waals surface area contributed by atoms with Crippen LogP contribution >= 0.6 is 0 Å². The zero-order valence-corrected chi connectivity index (χ0v) is 27.7. The fourth-order valence-corrected chi connectivity index (χ4v) is 4.68. The fraction of sp³-hybridized carbons (Fsp3) is 0.743. The van der Waals surface area contributed by atoms with Crippen LogP contribution in [0.4, 0.5) is 0 Å². The van der Waals surface area contributed by atoms with Crippen LogP contribution in [0.25, 0.3) is 0 Å². The summed E-state index contributed by atoms with van der Waals surface area (Å²) >= 11 is 0. The van der Waals surface area contributed by atoms with E-state index in [9.17, 15) is 14.4 Å². The van der Waals surface area contributed by atoms with E-state index in [1.54, 1.807) is 0 Å². The van der Waals surface area contributed by atoms with Crippen LogP contribution in [0, 0.1) is 11.8 Å². The Morgan fingerprint density at radius 3 is 1.88 bits per heavy atom. The van der Waals surface area contributed by atoms with Gasteiger partial charge in [0.05, 0.1) is 32.8 Å². The average molecular weight is 605 g/mol. The highest BCUT2D eigenvalue weighted by Gasteiger charge is 2.25. The molecule has 0 amide bonds. The summed E-state index contributed by atoms with van der Waals surface area (Å²) in [5.41, 5.74) is 2.18. The second-order valence-corrected chi connectivity index (χ2v) is 11.6. The second-order valence-electron chi connectivity index (χ2n) is 11.6. The first-order chi connectivity index (χ1) is 20.9. The third-order valence-corrected chi connectivity index (χ3v) is 7.87. The quantitative estimate of drug-likeness (QED) is 0.0699. The van der Waals surface area contributed by atoms with E-state index in [0.717, 1.165) is 75.3 Å². The molecule has 0 aliphatic heterocycles. The smallest absolute Gasteiger partial charge is 0.323 e. The minimum atomic E-state index is -0.743. The second kappa shape index (κ2) is 24.9. The van der Waals surface area contributed by atoms with Crippen molar-refractivity contribution in [1.29, 1.82) is 0 Å². The highest BCUT2D eigenvalue weighted by molar-refractivity contribution is 5.82. The van der Waals surface area contributed by atoms with Gasteiger partial charge < -0.3 is 24.8 Å². The van der Waals surface area contributed by atoms with Crippen molar-refractivity contribution in [3.8, 4) is 0 Å². The minimum Gasteiger partial charge on any atom is -0.465 e. The van der Waals surface area contributed by atoms with Crippen molar-refractivity contribution < 1.29 is 28.6 Å². The summed E-state index contributed by atoms with van der Waals surface area (Å²) in [6.45, 7) is 13.1. The number of benzene rings is 1. The topological polar surface area (TPSA) is 103 Å². The Bertz CT molecular complexity index is 876. The van der Waals surface area contributed by atoms with E-state index in [1.165, 1.54) is 0 Å². The monoisotopic (exact) mass is 604 g/mol. The molecule has 8 heteroatoms. The molecule has 3 atom stereocenters. The highest BCUT2D eigenvalue weighted by atomic mass is 16.5. The lowest BCUT2D eigenvalue weighted by molar-refractivity contribution is -0.154.